The molecule has 0 radical (unpaired) electrons. The zero-order valence-corrected chi connectivity index (χ0v) is 14.2. The van der Waals surface area contributed by atoms with Crippen molar-refractivity contribution in [3.63, 3.8) is 0 Å². The van der Waals surface area contributed by atoms with Gasteiger partial charge in [0.05, 0.1) is 25.0 Å². The molecular weight excluding hydrogens is 338 g/mol. The SMILES string of the molecule is COC(=O)c1ccc(S(=O)(=O)N2CCCC(C(=O)O)C2)cc1OC. The third kappa shape index (κ3) is 3.51. The van der Waals surface area contributed by atoms with Crippen LogP contribution in [0.1, 0.15) is 23.2 Å². The molecule has 1 N–H and O–H groups in total. The van der Waals surface area contributed by atoms with E-state index >= 15 is 0 Å². The first-order valence-electron chi connectivity index (χ1n) is 7.30. The van der Waals surface area contributed by atoms with Gasteiger partial charge in [0.1, 0.15) is 11.3 Å². The van der Waals surface area contributed by atoms with Crippen molar-refractivity contribution in [1.82, 2.24) is 4.31 Å². The fraction of sp³-hybridized carbons (Fsp3) is 0.467. The van der Waals surface area contributed by atoms with Crippen molar-refractivity contribution in [3.05, 3.63) is 23.8 Å². The van der Waals surface area contributed by atoms with Crippen molar-refractivity contribution in [2.75, 3.05) is 27.3 Å². The summed E-state index contributed by atoms with van der Waals surface area (Å²) in [6.07, 6.45) is 0.930. The van der Waals surface area contributed by atoms with Crippen molar-refractivity contribution < 1.29 is 32.6 Å². The summed E-state index contributed by atoms with van der Waals surface area (Å²) in [5.41, 5.74) is 0.112. The Morgan fingerprint density at radius 1 is 1.29 bits per heavy atom. The molecule has 0 aromatic heterocycles. The molecule has 1 heterocycles. The molecular formula is C15H19NO7S. The van der Waals surface area contributed by atoms with Crippen LogP contribution in [-0.2, 0) is 19.6 Å². The molecule has 1 aromatic carbocycles. The molecule has 0 amide bonds. The zero-order valence-electron chi connectivity index (χ0n) is 13.4. The van der Waals surface area contributed by atoms with E-state index in [9.17, 15) is 18.0 Å². The predicted octanol–water partition coefficient (Wildman–Crippen LogP) is 0.967. The molecule has 0 spiro atoms. The molecule has 1 aliphatic heterocycles. The molecule has 9 heteroatoms. The molecule has 132 valence electrons. The lowest BCUT2D eigenvalue weighted by atomic mass is 10.0. The average molecular weight is 357 g/mol. The monoisotopic (exact) mass is 357 g/mol. The molecule has 0 saturated carbocycles. The molecule has 2 rings (SSSR count). The van der Waals surface area contributed by atoms with Crippen LogP contribution in [0.15, 0.2) is 23.1 Å². The standard InChI is InChI=1S/C15H19NO7S/c1-22-13-8-11(5-6-12(13)15(19)23-2)24(20,21)16-7-3-4-10(9-16)14(17)18/h5-6,8,10H,3-4,7,9H2,1-2H3,(H,17,18). The molecule has 1 atom stereocenters. The molecule has 1 aromatic rings. The number of aliphatic carboxylic acids is 1. The van der Waals surface area contributed by atoms with Crippen LogP contribution in [-0.4, -0.2) is 57.1 Å². The minimum atomic E-state index is -3.87. The Hall–Kier alpha value is -2.13. The average Bonchev–Trinajstić information content (AvgIpc) is 2.60. The summed E-state index contributed by atoms with van der Waals surface area (Å²) in [7, 11) is -1.34. The fourth-order valence-corrected chi connectivity index (χ4v) is 4.16. The zero-order chi connectivity index (χ0) is 17.9. The second-order valence-corrected chi connectivity index (χ2v) is 7.33. The van der Waals surface area contributed by atoms with E-state index < -0.39 is 27.9 Å². The Bertz CT molecular complexity index is 744. The highest BCUT2D eigenvalue weighted by Gasteiger charge is 2.33. The number of piperidine rings is 1. The highest BCUT2D eigenvalue weighted by atomic mass is 32.2. The highest BCUT2D eigenvalue weighted by molar-refractivity contribution is 7.89. The number of esters is 1. The normalized spacial score (nSPS) is 18.8. The van der Waals surface area contributed by atoms with Crippen LogP contribution in [0.4, 0.5) is 0 Å². The molecule has 24 heavy (non-hydrogen) atoms. The van der Waals surface area contributed by atoms with Crippen molar-refractivity contribution in [1.29, 1.82) is 0 Å². The van der Waals surface area contributed by atoms with Gasteiger partial charge in [-0.2, -0.15) is 4.31 Å². The van der Waals surface area contributed by atoms with Crippen LogP contribution in [0.25, 0.3) is 0 Å². The smallest absolute Gasteiger partial charge is 0.341 e. The summed E-state index contributed by atoms with van der Waals surface area (Å²) in [5.74, 6) is -2.28. The lowest BCUT2D eigenvalue weighted by Gasteiger charge is -2.29. The first-order chi connectivity index (χ1) is 11.3. The number of sulfonamides is 1. The quantitative estimate of drug-likeness (QED) is 0.782. The van der Waals surface area contributed by atoms with E-state index in [2.05, 4.69) is 4.74 Å². The summed E-state index contributed by atoms with van der Waals surface area (Å²) < 4.78 is 36.3. The highest BCUT2D eigenvalue weighted by Crippen LogP contribution is 2.28. The van der Waals surface area contributed by atoms with Crippen molar-refractivity contribution in [2.24, 2.45) is 5.92 Å². The fourth-order valence-electron chi connectivity index (χ4n) is 2.62. The van der Waals surface area contributed by atoms with Crippen LogP contribution in [0, 0.1) is 5.92 Å². The molecule has 8 nitrogen and oxygen atoms in total. The molecule has 1 saturated heterocycles. The summed E-state index contributed by atoms with van der Waals surface area (Å²) in [6.45, 7) is 0.186. The van der Waals surface area contributed by atoms with E-state index in [1.54, 1.807) is 0 Å². The van der Waals surface area contributed by atoms with Gasteiger partial charge in [0.2, 0.25) is 10.0 Å². The first kappa shape index (κ1) is 18.2. The van der Waals surface area contributed by atoms with Gasteiger partial charge in [0, 0.05) is 19.2 Å². The summed E-state index contributed by atoms with van der Waals surface area (Å²) in [5, 5.41) is 9.11. The molecule has 1 unspecified atom stereocenters. The van der Waals surface area contributed by atoms with Gasteiger partial charge in [0.15, 0.2) is 0 Å². The number of rotatable bonds is 5. The predicted molar refractivity (Wildman–Crippen MR) is 83.5 cm³/mol. The number of ether oxygens (including phenoxy) is 2. The van der Waals surface area contributed by atoms with Gasteiger partial charge in [-0.1, -0.05) is 0 Å². The number of carboxylic acids is 1. The van der Waals surface area contributed by atoms with Crippen LogP contribution < -0.4 is 4.74 Å². The summed E-state index contributed by atoms with van der Waals surface area (Å²) in [6, 6.07) is 3.84. The summed E-state index contributed by atoms with van der Waals surface area (Å²) >= 11 is 0. The largest absolute Gasteiger partial charge is 0.496 e. The number of benzene rings is 1. The number of hydrogen-bond donors (Lipinski definition) is 1. The number of hydrogen-bond acceptors (Lipinski definition) is 6. The van der Waals surface area contributed by atoms with Crippen molar-refractivity contribution in [2.45, 2.75) is 17.7 Å². The Kier molecular flexibility index (Phi) is 5.45. The number of carboxylic acid groups (broad SMARTS) is 1. The molecule has 0 aliphatic carbocycles. The second-order valence-electron chi connectivity index (χ2n) is 5.39. The lowest BCUT2D eigenvalue weighted by molar-refractivity contribution is -0.142. The number of carbonyl (C=O) groups is 2. The maximum absolute atomic E-state index is 12.7. The molecule has 0 bridgehead atoms. The van der Waals surface area contributed by atoms with Crippen LogP contribution >= 0.6 is 0 Å². The molecule has 1 aliphatic rings. The maximum Gasteiger partial charge on any atom is 0.341 e. The van der Waals surface area contributed by atoms with E-state index in [0.717, 1.165) is 4.31 Å². The third-order valence-corrected chi connectivity index (χ3v) is 5.81. The van der Waals surface area contributed by atoms with E-state index in [0.29, 0.717) is 12.8 Å². The van der Waals surface area contributed by atoms with E-state index in [1.807, 2.05) is 0 Å². The Morgan fingerprint density at radius 3 is 2.58 bits per heavy atom. The maximum atomic E-state index is 12.7. The first-order valence-corrected chi connectivity index (χ1v) is 8.74. The van der Waals surface area contributed by atoms with E-state index in [4.69, 9.17) is 9.84 Å². The van der Waals surface area contributed by atoms with Crippen molar-refractivity contribution >= 4 is 22.0 Å². The van der Waals surface area contributed by atoms with Crippen LogP contribution in [0.5, 0.6) is 5.75 Å². The van der Waals surface area contributed by atoms with E-state index in [-0.39, 0.29) is 29.3 Å². The van der Waals surface area contributed by atoms with Gasteiger partial charge in [-0.25, -0.2) is 13.2 Å². The lowest BCUT2D eigenvalue weighted by Crippen LogP contribution is -2.42. The number of carbonyl (C=O) groups excluding carboxylic acids is 1. The van der Waals surface area contributed by atoms with Gasteiger partial charge in [-0.05, 0) is 25.0 Å². The van der Waals surface area contributed by atoms with Gasteiger partial charge in [0.25, 0.3) is 0 Å². The Morgan fingerprint density at radius 2 is 2.00 bits per heavy atom. The Balaban J connectivity index is 2.35. The number of methoxy groups -OCH3 is 2. The topological polar surface area (TPSA) is 110 Å². The third-order valence-electron chi connectivity index (χ3n) is 3.95. The summed E-state index contributed by atoms with van der Waals surface area (Å²) in [4.78, 5) is 22.7. The Labute approximate surface area is 140 Å². The van der Waals surface area contributed by atoms with Crippen LogP contribution in [0.2, 0.25) is 0 Å². The minimum absolute atomic E-state index is 0.0574. The second kappa shape index (κ2) is 7.18. The van der Waals surface area contributed by atoms with Gasteiger partial charge >= 0.3 is 11.9 Å². The van der Waals surface area contributed by atoms with Gasteiger partial charge in [-0.3, -0.25) is 4.79 Å². The minimum Gasteiger partial charge on any atom is -0.496 e. The number of nitrogens with zero attached hydrogens (tertiary/aromatic N) is 1. The molecule has 1 fully saturated rings. The van der Waals surface area contributed by atoms with Crippen molar-refractivity contribution in [3.8, 4) is 5.75 Å². The van der Waals surface area contributed by atoms with Crippen LogP contribution in [0.3, 0.4) is 0 Å². The van der Waals surface area contributed by atoms with Gasteiger partial charge in [-0.15, -0.1) is 0 Å². The van der Waals surface area contributed by atoms with Gasteiger partial charge < -0.3 is 14.6 Å². The van der Waals surface area contributed by atoms with E-state index in [1.165, 1.54) is 32.4 Å².